The van der Waals surface area contributed by atoms with Crippen molar-refractivity contribution in [2.45, 2.75) is 23.6 Å². The highest BCUT2D eigenvalue weighted by atomic mass is 32.2. The molecule has 2 aromatic carbocycles. The van der Waals surface area contributed by atoms with E-state index < -0.39 is 32.1 Å². The largest absolute Gasteiger partial charge is 0.294 e. The number of nitrogens with zero attached hydrogens (tertiary/aromatic N) is 6. The number of carbonyl (C=O) groups excluding carboxylic acids is 2. The molecule has 2 atom stereocenters. The minimum absolute atomic E-state index is 0.231. The average Bonchev–Trinajstić information content (AvgIpc) is 3.34. The Bertz CT molecular complexity index is 1540. The zero-order chi connectivity index (χ0) is 29.2. The molecule has 2 N–H and O–H groups in total. The van der Waals surface area contributed by atoms with Crippen LogP contribution in [0.4, 0.5) is 11.4 Å². The van der Waals surface area contributed by atoms with Gasteiger partial charge in [0.1, 0.15) is 11.8 Å². The fourth-order valence-electron chi connectivity index (χ4n) is 3.87. The number of anilines is 2. The molecule has 2 aromatic rings. The molecule has 0 bridgehead atoms. The minimum atomic E-state index is -4.36. The van der Waals surface area contributed by atoms with Crippen LogP contribution in [0.15, 0.2) is 78.5 Å². The summed E-state index contributed by atoms with van der Waals surface area (Å²) in [4.78, 5) is 33.5. The summed E-state index contributed by atoms with van der Waals surface area (Å²) in [5.74, 6) is -2.18. The van der Waals surface area contributed by atoms with Crippen LogP contribution in [0, 0.1) is 11.8 Å². The van der Waals surface area contributed by atoms with Gasteiger partial charge in [-0.25, -0.2) is 0 Å². The third-order valence-corrected chi connectivity index (χ3v) is 7.73. The van der Waals surface area contributed by atoms with E-state index in [9.17, 15) is 26.4 Å². The lowest BCUT2D eigenvalue weighted by Crippen LogP contribution is -2.28. The smallest absolute Gasteiger partial charge is 0.294 e. The van der Waals surface area contributed by atoms with Gasteiger partial charge in [0, 0.05) is 12.4 Å². The summed E-state index contributed by atoms with van der Waals surface area (Å²) in [6.45, 7) is 3.79. The summed E-state index contributed by atoms with van der Waals surface area (Å²) in [5, 5.41) is 10.7. The minimum Gasteiger partial charge on any atom is -0.294 e. The highest BCUT2D eigenvalue weighted by molar-refractivity contribution is 7.86. The molecule has 0 fully saturated rings. The first kappa shape index (κ1) is 28.9. The molecule has 0 saturated carbocycles. The Balaban J connectivity index is 1.31. The van der Waals surface area contributed by atoms with Gasteiger partial charge in [-0.15, -0.1) is 0 Å². The molecule has 0 spiro atoms. The summed E-state index contributed by atoms with van der Waals surface area (Å²) in [6.07, 6.45) is 2.91. The molecule has 40 heavy (non-hydrogen) atoms. The number of benzene rings is 2. The molecular formula is C24H24N6O8S2. The Morgan fingerprint density at radius 2 is 1.02 bits per heavy atom. The summed E-state index contributed by atoms with van der Waals surface area (Å²) in [6, 6.07) is 10.1. The van der Waals surface area contributed by atoms with E-state index in [4.69, 9.17) is 9.11 Å². The van der Waals surface area contributed by atoms with Gasteiger partial charge in [-0.3, -0.25) is 28.7 Å². The molecule has 2 unspecified atom stereocenters. The Hall–Kier alpha value is -4.12. The van der Waals surface area contributed by atoms with Crippen molar-refractivity contribution in [1.29, 1.82) is 0 Å². The first-order valence-electron chi connectivity index (χ1n) is 11.7. The topological polar surface area (TPSA) is 199 Å². The highest BCUT2D eigenvalue weighted by Gasteiger charge is 2.34. The third-order valence-electron chi connectivity index (χ3n) is 5.99. The van der Waals surface area contributed by atoms with Crippen molar-refractivity contribution in [3.8, 4) is 0 Å². The normalized spacial score (nSPS) is 20.2. The molecule has 2 aliphatic heterocycles. The van der Waals surface area contributed by atoms with Crippen LogP contribution in [0.5, 0.6) is 0 Å². The molecule has 0 saturated heterocycles. The Labute approximate surface area is 229 Å². The number of hydrazone groups is 2. The second kappa shape index (κ2) is 11.2. The van der Waals surface area contributed by atoms with Gasteiger partial charge in [0.15, 0.2) is 0 Å². The first-order chi connectivity index (χ1) is 18.8. The molecular weight excluding hydrogens is 564 g/mol. The standard InChI is InChI=1S/C24H24N6O8S2/c1-15-21(23(31)29(27-15)17-3-7-19(8-4-17)39(33,34)35)13-25-11-12-26-14-22-16(2)28-30(24(22)32)18-5-9-20(10-6-18)40(36,37)38/h3-10,13-14,21-22H,11-12H2,1-2H3,(H,33,34,35)(H,36,37,38). The van der Waals surface area contributed by atoms with Crippen molar-refractivity contribution in [3.63, 3.8) is 0 Å². The third kappa shape index (κ3) is 6.20. The van der Waals surface area contributed by atoms with Gasteiger partial charge >= 0.3 is 0 Å². The lowest BCUT2D eigenvalue weighted by molar-refractivity contribution is -0.119. The Kier molecular flexibility index (Phi) is 8.06. The SMILES string of the molecule is CC1=NN(c2ccc(S(=O)(=O)O)cc2)C(=O)C1C=NCCN=CC1C(=O)N(c2ccc(S(=O)(=O)O)cc2)N=C1C. The van der Waals surface area contributed by atoms with Gasteiger partial charge < -0.3 is 0 Å². The molecule has 0 aromatic heterocycles. The molecule has 0 aliphatic carbocycles. The van der Waals surface area contributed by atoms with Crippen LogP contribution in [-0.2, 0) is 29.8 Å². The Morgan fingerprint density at radius 3 is 1.32 bits per heavy atom. The molecule has 16 heteroatoms. The fraction of sp³-hybridized carbons (Fsp3) is 0.250. The van der Waals surface area contributed by atoms with Crippen LogP contribution in [0.1, 0.15) is 13.8 Å². The monoisotopic (exact) mass is 588 g/mol. The van der Waals surface area contributed by atoms with Crippen LogP contribution in [0.3, 0.4) is 0 Å². The number of aliphatic imine (C=N–C) groups is 2. The zero-order valence-corrected chi connectivity index (χ0v) is 22.8. The van der Waals surface area contributed by atoms with Crippen molar-refractivity contribution < 1.29 is 35.5 Å². The van der Waals surface area contributed by atoms with Crippen LogP contribution in [0.2, 0.25) is 0 Å². The molecule has 0 radical (unpaired) electrons. The maximum absolute atomic E-state index is 12.8. The lowest BCUT2D eigenvalue weighted by atomic mass is 10.1. The van der Waals surface area contributed by atoms with Crippen LogP contribution in [-0.4, -0.2) is 74.7 Å². The Morgan fingerprint density at radius 1 is 0.700 bits per heavy atom. The maximum atomic E-state index is 12.8. The number of carbonyl (C=O) groups is 2. The fourth-order valence-corrected chi connectivity index (χ4v) is 4.83. The van der Waals surface area contributed by atoms with Crippen molar-refractivity contribution in [2.75, 3.05) is 23.1 Å². The van der Waals surface area contributed by atoms with E-state index in [2.05, 4.69) is 20.2 Å². The average molecular weight is 589 g/mol. The molecule has 210 valence electrons. The number of hydrogen-bond donors (Lipinski definition) is 2. The van der Waals surface area contributed by atoms with Gasteiger partial charge in [-0.1, -0.05) is 0 Å². The maximum Gasteiger partial charge on any atom is 0.294 e. The summed E-state index contributed by atoms with van der Waals surface area (Å²) in [7, 11) is -8.71. The van der Waals surface area contributed by atoms with E-state index in [-0.39, 0.29) is 34.7 Å². The van der Waals surface area contributed by atoms with Crippen LogP contribution in [0.25, 0.3) is 0 Å². The van der Waals surface area contributed by atoms with E-state index in [0.717, 1.165) is 10.0 Å². The predicted octanol–water partition coefficient (Wildman–Crippen LogP) is 1.70. The number of rotatable bonds is 9. The van der Waals surface area contributed by atoms with Crippen LogP contribution >= 0.6 is 0 Å². The van der Waals surface area contributed by atoms with Gasteiger partial charge in [0.25, 0.3) is 32.1 Å². The van der Waals surface area contributed by atoms with E-state index in [1.165, 1.54) is 61.0 Å². The molecule has 2 aliphatic rings. The van der Waals surface area contributed by atoms with E-state index in [1.54, 1.807) is 13.8 Å². The van der Waals surface area contributed by atoms with Gasteiger partial charge in [0.2, 0.25) is 0 Å². The van der Waals surface area contributed by atoms with E-state index >= 15 is 0 Å². The van der Waals surface area contributed by atoms with Gasteiger partial charge in [-0.2, -0.15) is 37.1 Å². The van der Waals surface area contributed by atoms with E-state index in [1.807, 2.05) is 0 Å². The zero-order valence-electron chi connectivity index (χ0n) is 21.2. The molecule has 2 amide bonds. The van der Waals surface area contributed by atoms with Crippen molar-refractivity contribution in [3.05, 3.63) is 48.5 Å². The lowest BCUT2D eigenvalue weighted by Gasteiger charge is -2.13. The number of hydrogen-bond acceptors (Lipinski definition) is 10. The highest BCUT2D eigenvalue weighted by Crippen LogP contribution is 2.26. The quantitative estimate of drug-likeness (QED) is 0.250. The summed E-state index contributed by atoms with van der Waals surface area (Å²) >= 11 is 0. The first-order valence-corrected chi connectivity index (χ1v) is 14.6. The van der Waals surface area contributed by atoms with E-state index in [0.29, 0.717) is 22.8 Å². The molecule has 2 heterocycles. The summed E-state index contributed by atoms with van der Waals surface area (Å²) in [5.41, 5.74) is 1.64. The van der Waals surface area contributed by atoms with Crippen molar-refractivity contribution >= 4 is 67.3 Å². The van der Waals surface area contributed by atoms with Gasteiger partial charge in [0.05, 0.1) is 45.7 Å². The summed E-state index contributed by atoms with van der Waals surface area (Å²) < 4.78 is 63.1. The van der Waals surface area contributed by atoms with Crippen molar-refractivity contribution in [2.24, 2.45) is 32.0 Å². The van der Waals surface area contributed by atoms with Crippen LogP contribution < -0.4 is 10.0 Å². The van der Waals surface area contributed by atoms with Gasteiger partial charge in [-0.05, 0) is 62.4 Å². The predicted molar refractivity (Wildman–Crippen MR) is 147 cm³/mol. The second-order valence-corrected chi connectivity index (χ2v) is 11.6. The second-order valence-electron chi connectivity index (χ2n) is 8.79. The van der Waals surface area contributed by atoms with Crippen molar-refractivity contribution in [1.82, 2.24) is 0 Å². The molecule has 4 rings (SSSR count). The number of amides is 2. The molecule has 14 nitrogen and oxygen atoms in total.